The monoisotopic (exact) mass is 202 g/mol. The van der Waals surface area contributed by atoms with Crippen molar-refractivity contribution in [3.8, 4) is 0 Å². The van der Waals surface area contributed by atoms with Crippen molar-refractivity contribution in [2.75, 3.05) is 0 Å². The van der Waals surface area contributed by atoms with Gasteiger partial charge < -0.3 is 0 Å². The van der Waals surface area contributed by atoms with Crippen LogP contribution in [0.1, 0.15) is 41.5 Å². The summed E-state index contributed by atoms with van der Waals surface area (Å²) in [6.07, 6.45) is 0. The quantitative estimate of drug-likeness (QED) is 0.528. The molecule has 0 heterocycles. The van der Waals surface area contributed by atoms with Gasteiger partial charge in [0.05, 0.1) is 0 Å². The molecule has 0 atom stereocenters. The second-order valence-electron chi connectivity index (χ2n) is 5.09. The SMILES string of the molecule is C[C](C)(C)[Ga]([F])[C](C)(C)C. The molecule has 0 aromatic heterocycles. The Balaban J connectivity index is 4.23. The van der Waals surface area contributed by atoms with Crippen LogP contribution >= 0.6 is 0 Å². The van der Waals surface area contributed by atoms with E-state index in [2.05, 4.69) is 0 Å². The van der Waals surface area contributed by atoms with Gasteiger partial charge in [-0.3, -0.25) is 0 Å². The van der Waals surface area contributed by atoms with E-state index < -0.39 is 16.7 Å². The van der Waals surface area contributed by atoms with Crippen LogP contribution in [0, 0.1) is 0 Å². The number of hydrogen-bond donors (Lipinski definition) is 0. The van der Waals surface area contributed by atoms with Crippen molar-refractivity contribution in [1.29, 1.82) is 0 Å². The molecule has 0 saturated carbocycles. The van der Waals surface area contributed by atoms with Crippen molar-refractivity contribution in [3.05, 3.63) is 0 Å². The Morgan fingerprint density at radius 3 is 1.00 bits per heavy atom. The maximum absolute atomic E-state index is 13.6. The number of hydrogen-bond acceptors (Lipinski definition) is 0. The minimum atomic E-state index is -2.55. The summed E-state index contributed by atoms with van der Waals surface area (Å²) in [6, 6.07) is 0. The Bertz CT molecular complexity index is 93.4. The molecule has 0 aromatic carbocycles. The Labute approximate surface area is 69.8 Å². The summed E-state index contributed by atoms with van der Waals surface area (Å²) in [5.74, 6) is 0. The molecule has 0 saturated heterocycles. The third-order valence-corrected chi connectivity index (χ3v) is 7.90. The summed E-state index contributed by atoms with van der Waals surface area (Å²) in [5, 5.41) is 0. The van der Waals surface area contributed by atoms with Crippen molar-refractivity contribution in [1.82, 2.24) is 0 Å². The Kier molecular flexibility index (Phi) is 3.06. The molecule has 0 radical (unpaired) electrons. The fourth-order valence-corrected chi connectivity index (χ4v) is 6.75. The molecule has 0 nitrogen and oxygen atoms in total. The van der Waals surface area contributed by atoms with Gasteiger partial charge in [-0.25, -0.2) is 0 Å². The van der Waals surface area contributed by atoms with Crippen LogP contribution in [0.2, 0.25) is 7.94 Å². The van der Waals surface area contributed by atoms with Gasteiger partial charge in [-0.1, -0.05) is 0 Å². The molecule has 0 N–H and O–H groups in total. The molecule has 0 unspecified atom stereocenters. The molecule has 10 heavy (non-hydrogen) atoms. The van der Waals surface area contributed by atoms with E-state index in [4.69, 9.17) is 0 Å². The summed E-state index contributed by atoms with van der Waals surface area (Å²) in [6.45, 7) is 12.1. The summed E-state index contributed by atoms with van der Waals surface area (Å²) in [4.78, 5) is 0. The summed E-state index contributed by atoms with van der Waals surface area (Å²) in [7, 11) is 0. The summed E-state index contributed by atoms with van der Waals surface area (Å²) < 4.78 is 13.5. The van der Waals surface area contributed by atoms with Crippen molar-refractivity contribution < 1.29 is 3.29 Å². The first kappa shape index (κ1) is 10.6. The fraction of sp³-hybridized carbons (Fsp3) is 1.00. The average molecular weight is 203 g/mol. The molecule has 0 aliphatic rings. The van der Waals surface area contributed by atoms with Crippen LogP contribution in [0.25, 0.3) is 0 Å². The molecule has 0 aliphatic heterocycles. The van der Waals surface area contributed by atoms with E-state index in [9.17, 15) is 3.29 Å². The molecule has 2 heteroatoms. The van der Waals surface area contributed by atoms with Gasteiger partial charge in [-0.05, 0) is 0 Å². The van der Waals surface area contributed by atoms with Crippen molar-refractivity contribution in [2.45, 2.75) is 49.5 Å². The van der Waals surface area contributed by atoms with E-state index in [1.165, 1.54) is 0 Å². The van der Waals surface area contributed by atoms with Crippen LogP contribution in [-0.4, -0.2) is 16.7 Å². The number of rotatable bonds is 0. The van der Waals surface area contributed by atoms with E-state index >= 15 is 0 Å². The van der Waals surface area contributed by atoms with E-state index in [1.807, 2.05) is 41.5 Å². The molecule has 60 valence electrons. The fourth-order valence-electron chi connectivity index (χ4n) is 1.30. The predicted octanol–water partition coefficient (Wildman–Crippen LogP) is 3.55. The van der Waals surface area contributed by atoms with Gasteiger partial charge in [0.25, 0.3) is 0 Å². The Morgan fingerprint density at radius 2 is 1.00 bits per heavy atom. The second-order valence-corrected chi connectivity index (χ2v) is 13.9. The van der Waals surface area contributed by atoms with Crippen LogP contribution in [0.4, 0.5) is 3.29 Å². The van der Waals surface area contributed by atoms with Crippen LogP contribution in [0.5, 0.6) is 0 Å². The first-order valence-electron chi connectivity index (χ1n) is 3.80. The van der Waals surface area contributed by atoms with Gasteiger partial charge in [0.15, 0.2) is 0 Å². The van der Waals surface area contributed by atoms with Gasteiger partial charge in [0.2, 0.25) is 0 Å². The normalized spacial score (nSPS) is 13.5. The van der Waals surface area contributed by atoms with Gasteiger partial charge in [0.1, 0.15) is 0 Å². The molecule has 0 rings (SSSR count). The van der Waals surface area contributed by atoms with Crippen LogP contribution in [0.15, 0.2) is 0 Å². The Morgan fingerprint density at radius 1 is 0.800 bits per heavy atom. The minimum absolute atomic E-state index is 0.0365. The van der Waals surface area contributed by atoms with Crippen molar-refractivity contribution >= 4 is 16.7 Å². The third kappa shape index (κ3) is 3.11. The van der Waals surface area contributed by atoms with E-state index in [0.717, 1.165) is 0 Å². The average Bonchev–Trinajstić information content (AvgIpc) is 1.59. The van der Waals surface area contributed by atoms with Crippen molar-refractivity contribution in [2.24, 2.45) is 0 Å². The second kappa shape index (κ2) is 2.90. The third-order valence-electron chi connectivity index (χ3n) is 1.52. The summed E-state index contributed by atoms with van der Waals surface area (Å²) >= 11 is -2.55. The van der Waals surface area contributed by atoms with E-state index in [0.29, 0.717) is 0 Å². The topological polar surface area (TPSA) is 0 Å². The molecule has 0 aromatic rings. The van der Waals surface area contributed by atoms with Crippen molar-refractivity contribution in [3.63, 3.8) is 0 Å². The number of halogens is 1. The first-order valence-corrected chi connectivity index (χ1v) is 7.13. The van der Waals surface area contributed by atoms with Crippen LogP contribution in [-0.2, 0) is 0 Å². The van der Waals surface area contributed by atoms with Gasteiger partial charge in [0, 0.05) is 0 Å². The van der Waals surface area contributed by atoms with Crippen LogP contribution in [0.3, 0.4) is 0 Å². The standard InChI is InChI=1S/2C4H9.FH.Ga/c2*1-4(2)3;;/h2*1-3H3;1H;/q;;;+1/p-1. The van der Waals surface area contributed by atoms with Gasteiger partial charge >= 0.3 is 69.5 Å². The molecule has 0 fully saturated rings. The predicted molar refractivity (Wildman–Crippen MR) is 46.3 cm³/mol. The molecular formula is C8H18FGa. The van der Waals surface area contributed by atoms with Gasteiger partial charge in [-0.2, -0.15) is 0 Å². The van der Waals surface area contributed by atoms with Gasteiger partial charge in [-0.15, -0.1) is 0 Å². The van der Waals surface area contributed by atoms with E-state index in [1.54, 1.807) is 0 Å². The maximum atomic E-state index is 13.6. The first-order chi connectivity index (χ1) is 4.15. The molecule has 0 spiro atoms. The molecule has 0 aliphatic carbocycles. The zero-order valence-corrected chi connectivity index (χ0v) is 10.4. The Hall–Kier alpha value is 0.566. The van der Waals surface area contributed by atoms with E-state index in [-0.39, 0.29) is 7.94 Å². The zero-order valence-electron chi connectivity index (χ0n) is 7.96. The summed E-state index contributed by atoms with van der Waals surface area (Å²) in [5.41, 5.74) is 0. The van der Waals surface area contributed by atoms with Crippen LogP contribution < -0.4 is 0 Å². The molecule has 0 bridgehead atoms. The molecular weight excluding hydrogens is 185 g/mol. The zero-order chi connectivity index (χ0) is 8.58. The molecule has 0 amide bonds.